The smallest absolute Gasteiger partial charge is 0.363 e. The van der Waals surface area contributed by atoms with Gasteiger partial charge in [0.1, 0.15) is 5.69 Å². The predicted octanol–water partition coefficient (Wildman–Crippen LogP) is 4.72. The quantitative estimate of drug-likeness (QED) is 0.505. The van der Waals surface area contributed by atoms with E-state index in [4.69, 9.17) is 11.6 Å². The molecular formula is C21H22ClF3N4O3. The van der Waals surface area contributed by atoms with Gasteiger partial charge >= 0.3 is 6.18 Å². The van der Waals surface area contributed by atoms with Crippen molar-refractivity contribution in [1.29, 1.82) is 0 Å². The average molecular weight is 471 g/mol. The fraction of sp³-hybridized carbons (Fsp3) is 0.381. The zero-order chi connectivity index (χ0) is 23.6. The van der Waals surface area contributed by atoms with E-state index in [0.29, 0.717) is 43.0 Å². The minimum absolute atomic E-state index is 0.134. The SMILES string of the molecule is Cc1c(Cl)cccc1NC(=O)C(C)N1CCN(c2ccc(C(F)(F)F)cc2[N+](=O)[O-])CC1. The number of carbonyl (C=O) groups is 1. The normalized spacial score (nSPS) is 16.0. The van der Waals surface area contributed by atoms with E-state index in [1.165, 1.54) is 0 Å². The lowest BCUT2D eigenvalue weighted by atomic mass is 10.1. The molecule has 32 heavy (non-hydrogen) atoms. The second-order valence-electron chi connectivity index (χ2n) is 7.56. The Morgan fingerprint density at radius 3 is 2.44 bits per heavy atom. The van der Waals surface area contributed by atoms with Gasteiger partial charge in [-0.3, -0.25) is 19.8 Å². The van der Waals surface area contributed by atoms with Crippen molar-refractivity contribution in [3.63, 3.8) is 0 Å². The number of rotatable bonds is 5. The van der Waals surface area contributed by atoms with E-state index in [2.05, 4.69) is 5.32 Å². The Balaban J connectivity index is 1.67. The number of benzene rings is 2. The molecule has 1 atom stereocenters. The van der Waals surface area contributed by atoms with Crippen molar-refractivity contribution in [1.82, 2.24) is 4.90 Å². The lowest BCUT2D eigenvalue weighted by molar-refractivity contribution is -0.384. The first-order valence-corrected chi connectivity index (χ1v) is 10.3. The molecule has 3 rings (SSSR count). The molecule has 11 heteroatoms. The standard InChI is InChI=1S/C21H22ClF3N4O3/c1-13-16(22)4-3-5-17(13)26-20(30)14(2)27-8-10-28(11-9-27)18-7-6-15(21(23,24)25)12-19(18)29(31)32/h3-7,12,14H,8-11H2,1-2H3,(H,26,30). The van der Waals surface area contributed by atoms with Gasteiger partial charge in [0.15, 0.2) is 0 Å². The lowest BCUT2D eigenvalue weighted by Crippen LogP contribution is -2.53. The maximum absolute atomic E-state index is 12.9. The van der Waals surface area contributed by atoms with Crippen molar-refractivity contribution in [2.45, 2.75) is 26.1 Å². The van der Waals surface area contributed by atoms with Crippen LogP contribution < -0.4 is 10.2 Å². The van der Waals surface area contributed by atoms with Crippen LogP contribution in [0.3, 0.4) is 0 Å². The number of hydrogen-bond acceptors (Lipinski definition) is 5. The van der Waals surface area contributed by atoms with E-state index in [0.717, 1.165) is 17.7 Å². The highest BCUT2D eigenvalue weighted by Crippen LogP contribution is 2.37. The molecule has 2 aromatic carbocycles. The van der Waals surface area contributed by atoms with Gasteiger partial charge in [-0.25, -0.2) is 0 Å². The zero-order valence-electron chi connectivity index (χ0n) is 17.4. The first-order valence-electron chi connectivity index (χ1n) is 9.89. The molecule has 0 saturated carbocycles. The number of piperazine rings is 1. The Labute approximate surface area is 187 Å². The highest BCUT2D eigenvalue weighted by atomic mass is 35.5. The number of halogens is 4. The van der Waals surface area contributed by atoms with Gasteiger partial charge in [0.05, 0.1) is 16.5 Å². The Bertz CT molecular complexity index is 1020. The summed E-state index contributed by atoms with van der Waals surface area (Å²) in [4.78, 5) is 26.8. The number of alkyl halides is 3. The summed E-state index contributed by atoms with van der Waals surface area (Å²) in [6.45, 7) is 5.06. The molecule has 1 heterocycles. The van der Waals surface area contributed by atoms with Crippen LogP contribution in [0.2, 0.25) is 5.02 Å². The van der Waals surface area contributed by atoms with Gasteiger partial charge in [0, 0.05) is 43.0 Å². The second kappa shape index (κ2) is 9.33. The van der Waals surface area contributed by atoms with Gasteiger partial charge < -0.3 is 10.2 Å². The van der Waals surface area contributed by atoms with Crippen LogP contribution in [0.15, 0.2) is 36.4 Å². The maximum atomic E-state index is 12.9. The van der Waals surface area contributed by atoms with Gasteiger partial charge in [-0.1, -0.05) is 17.7 Å². The van der Waals surface area contributed by atoms with E-state index < -0.39 is 28.4 Å². The van der Waals surface area contributed by atoms with Crippen molar-refractivity contribution in [3.8, 4) is 0 Å². The minimum Gasteiger partial charge on any atom is -0.363 e. The van der Waals surface area contributed by atoms with Crippen molar-refractivity contribution in [3.05, 3.63) is 62.7 Å². The molecule has 0 spiro atoms. The number of hydrogen-bond donors (Lipinski definition) is 1. The molecule has 172 valence electrons. The summed E-state index contributed by atoms with van der Waals surface area (Å²) in [5.41, 5.74) is -0.138. The average Bonchev–Trinajstić information content (AvgIpc) is 2.75. The van der Waals surface area contributed by atoms with Gasteiger partial charge in [0.2, 0.25) is 5.91 Å². The predicted molar refractivity (Wildman–Crippen MR) is 116 cm³/mol. The number of nitro groups is 1. The van der Waals surface area contributed by atoms with Crippen molar-refractivity contribution in [2.24, 2.45) is 0 Å². The van der Waals surface area contributed by atoms with E-state index in [1.54, 1.807) is 36.9 Å². The number of amides is 1. The van der Waals surface area contributed by atoms with Crippen LogP contribution in [0, 0.1) is 17.0 Å². The minimum atomic E-state index is -4.66. The zero-order valence-corrected chi connectivity index (χ0v) is 18.2. The first-order chi connectivity index (χ1) is 15.0. The summed E-state index contributed by atoms with van der Waals surface area (Å²) in [5.74, 6) is -0.218. The molecule has 1 unspecified atom stereocenters. The third kappa shape index (κ3) is 5.13. The largest absolute Gasteiger partial charge is 0.416 e. The highest BCUT2D eigenvalue weighted by Gasteiger charge is 2.34. The Kier molecular flexibility index (Phi) is 6.94. The van der Waals surface area contributed by atoms with Crippen LogP contribution in [0.1, 0.15) is 18.1 Å². The molecule has 1 aliphatic heterocycles. The molecule has 0 radical (unpaired) electrons. The number of nitro benzene ring substituents is 1. The van der Waals surface area contributed by atoms with Crippen LogP contribution >= 0.6 is 11.6 Å². The molecule has 2 aromatic rings. The highest BCUT2D eigenvalue weighted by molar-refractivity contribution is 6.31. The molecule has 0 aromatic heterocycles. The monoisotopic (exact) mass is 470 g/mol. The van der Waals surface area contributed by atoms with Gasteiger partial charge in [-0.2, -0.15) is 13.2 Å². The van der Waals surface area contributed by atoms with Crippen LogP contribution in [0.4, 0.5) is 30.2 Å². The van der Waals surface area contributed by atoms with Crippen molar-refractivity contribution >= 4 is 34.6 Å². The van der Waals surface area contributed by atoms with E-state index in [-0.39, 0.29) is 11.6 Å². The molecule has 1 amide bonds. The lowest BCUT2D eigenvalue weighted by Gasteiger charge is -2.38. The summed E-state index contributed by atoms with van der Waals surface area (Å²) in [7, 11) is 0. The van der Waals surface area contributed by atoms with Crippen LogP contribution in [0.5, 0.6) is 0 Å². The number of nitrogens with zero attached hydrogens (tertiary/aromatic N) is 3. The molecule has 1 aliphatic rings. The molecule has 7 nitrogen and oxygen atoms in total. The summed E-state index contributed by atoms with van der Waals surface area (Å²) in [6.07, 6.45) is -4.66. The second-order valence-corrected chi connectivity index (χ2v) is 7.97. The van der Waals surface area contributed by atoms with E-state index in [9.17, 15) is 28.1 Å². The topological polar surface area (TPSA) is 78.7 Å². The molecule has 1 N–H and O–H groups in total. The van der Waals surface area contributed by atoms with E-state index in [1.807, 2.05) is 4.90 Å². The summed E-state index contributed by atoms with van der Waals surface area (Å²) in [6, 6.07) is 7.30. The third-order valence-corrected chi connectivity index (χ3v) is 6.02. The Hall–Kier alpha value is -2.85. The fourth-order valence-corrected chi connectivity index (χ4v) is 3.78. The maximum Gasteiger partial charge on any atom is 0.416 e. The van der Waals surface area contributed by atoms with Gasteiger partial charge in [-0.05, 0) is 43.7 Å². The number of nitrogens with one attached hydrogen (secondary N) is 1. The van der Waals surface area contributed by atoms with Crippen molar-refractivity contribution < 1.29 is 22.9 Å². The van der Waals surface area contributed by atoms with Crippen molar-refractivity contribution in [2.75, 3.05) is 36.4 Å². The third-order valence-electron chi connectivity index (χ3n) is 5.61. The Morgan fingerprint density at radius 2 is 1.84 bits per heavy atom. The van der Waals surface area contributed by atoms with E-state index >= 15 is 0 Å². The fourth-order valence-electron chi connectivity index (χ4n) is 3.61. The first kappa shape index (κ1) is 23.8. The van der Waals surface area contributed by atoms with Crippen LogP contribution in [-0.2, 0) is 11.0 Å². The molecule has 0 bridgehead atoms. The number of carbonyl (C=O) groups excluding carboxylic acids is 1. The van der Waals surface area contributed by atoms with Crippen LogP contribution in [-0.4, -0.2) is 48.0 Å². The number of anilines is 2. The summed E-state index contributed by atoms with van der Waals surface area (Å²) < 4.78 is 38.8. The van der Waals surface area contributed by atoms with Gasteiger partial charge in [0.25, 0.3) is 5.69 Å². The molecule has 1 saturated heterocycles. The Morgan fingerprint density at radius 1 is 1.19 bits per heavy atom. The molecule has 1 fully saturated rings. The van der Waals surface area contributed by atoms with Gasteiger partial charge in [-0.15, -0.1) is 0 Å². The summed E-state index contributed by atoms with van der Waals surface area (Å²) in [5, 5.41) is 14.8. The van der Waals surface area contributed by atoms with Crippen LogP contribution in [0.25, 0.3) is 0 Å². The summed E-state index contributed by atoms with van der Waals surface area (Å²) >= 11 is 6.09. The molecular weight excluding hydrogens is 449 g/mol. The molecule has 0 aliphatic carbocycles.